The molecule has 1 aliphatic heterocycles. The molecule has 5 heteroatoms. The van der Waals surface area contributed by atoms with Crippen LogP contribution in [0.3, 0.4) is 0 Å². The first kappa shape index (κ1) is 17.0. The average molecular weight is 337 g/mol. The van der Waals surface area contributed by atoms with Crippen LogP contribution >= 0.6 is 0 Å². The molecule has 0 saturated carbocycles. The lowest BCUT2D eigenvalue weighted by molar-refractivity contribution is -0.115. The van der Waals surface area contributed by atoms with Gasteiger partial charge in [0, 0.05) is 30.0 Å². The second-order valence-electron chi connectivity index (χ2n) is 6.34. The summed E-state index contributed by atoms with van der Waals surface area (Å²) in [4.78, 5) is 26.4. The molecule has 5 nitrogen and oxygen atoms in total. The SMILES string of the molecule is Cc1ccc(C(=O)NCC(=O)Nc2ccc(N3CCCC3)cc2)cc1. The van der Waals surface area contributed by atoms with Gasteiger partial charge in [0.15, 0.2) is 0 Å². The summed E-state index contributed by atoms with van der Waals surface area (Å²) in [6.07, 6.45) is 2.47. The first-order chi connectivity index (χ1) is 12.1. The van der Waals surface area contributed by atoms with Crippen molar-refractivity contribution in [3.8, 4) is 0 Å². The van der Waals surface area contributed by atoms with E-state index in [2.05, 4.69) is 15.5 Å². The van der Waals surface area contributed by atoms with Crippen LogP contribution in [0, 0.1) is 6.92 Å². The Morgan fingerprint density at radius 1 is 0.960 bits per heavy atom. The van der Waals surface area contributed by atoms with Crippen LogP contribution in [-0.2, 0) is 4.79 Å². The number of benzene rings is 2. The predicted octanol–water partition coefficient (Wildman–Crippen LogP) is 2.96. The number of aryl methyl sites for hydroxylation is 1. The predicted molar refractivity (Wildman–Crippen MR) is 100 cm³/mol. The molecule has 2 amide bonds. The number of carbonyl (C=O) groups is 2. The third-order valence-corrected chi connectivity index (χ3v) is 4.35. The zero-order valence-electron chi connectivity index (χ0n) is 14.4. The summed E-state index contributed by atoms with van der Waals surface area (Å²) < 4.78 is 0. The lowest BCUT2D eigenvalue weighted by Crippen LogP contribution is -2.32. The van der Waals surface area contributed by atoms with Gasteiger partial charge in [0.05, 0.1) is 6.54 Å². The molecule has 0 atom stereocenters. The van der Waals surface area contributed by atoms with Crippen molar-refractivity contribution in [2.75, 3.05) is 29.9 Å². The third-order valence-electron chi connectivity index (χ3n) is 4.35. The van der Waals surface area contributed by atoms with E-state index in [1.54, 1.807) is 12.1 Å². The summed E-state index contributed by atoms with van der Waals surface area (Å²) in [5.41, 5.74) is 3.56. The van der Waals surface area contributed by atoms with E-state index in [4.69, 9.17) is 0 Å². The Balaban J connectivity index is 1.48. The maximum absolute atomic E-state index is 12.0. The molecule has 1 fully saturated rings. The van der Waals surface area contributed by atoms with Gasteiger partial charge in [-0.05, 0) is 56.2 Å². The van der Waals surface area contributed by atoms with Crippen molar-refractivity contribution in [1.29, 1.82) is 0 Å². The number of nitrogens with zero attached hydrogens (tertiary/aromatic N) is 1. The van der Waals surface area contributed by atoms with Crippen LogP contribution in [0.5, 0.6) is 0 Å². The molecule has 2 aromatic rings. The molecule has 0 bridgehead atoms. The van der Waals surface area contributed by atoms with Crippen LogP contribution in [0.25, 0.3) is 0 Å². The van der Waals surface area contributed by atoms with Crippen LogP contribution in [-0.4, -0.2) is 31.4 Å². The molecule has 2 aromatic carbocycles. The number of amides is 2. The van der Waals surface area contributed by atoms with Gasteiger partial charge < -0.3 is 15.5 Å². The Kier molecular flexibility index (Phi) is 5.33. The molecule has 130 valence electrons. The fourth-order valence-corrected chi connectivity index (χ4v) is 2.90. The minimum atomic E-state index is -0.250. The van der Waals surface area contributed by atoms with Crippen molar-refractivity contribution in [3.05, 3.63) is 59.7 Å². The lowest BCUT2D eigenvalue weighted by Gasteiger charge is -2.17. The Morgan fingerprint density at radius 3 is 2.24 bits per heavy atom. The van der Waals surface area contributed by atoms with Gasteiger partial charge in [-0.25, -0.2) is 0 Å². The molecular weight excluding hydrogens is 314 g/mol. The molecule has 1 heterocycles. The highest BCUT2D eigenvalue weighted by atomic mass is 16.2. The highest BCUT2D eigenvalue weighted by Crippen LogP contribution is 2.21. The highest BCUT2D eigenvalue weighted by Gasteiger charge is 2.12. The lowest BCUT2D eigenvalue weighted by atomic mass is 10.1. The van der Waals surface area contributed by atoms with Crippen LogP contribution in [0.4, 0.5) is 11.4 Å². The topological polar surface area (TPSA) is 61.4 Å². The Labute approximate surface area is 148 Å². The van der Waals surface area contributed by atoms with Crippen molar-refractivity contribution < 1.29 is 9.59 Å². The molecule has 0 aliphatic carbocycles. The average Bonchev–Trinajstić information content (AvgIpc) is 3.15. The van der Waals surface area contributed by atoms with Gasteiger partial charge in [0.1, 0.15) is 0 Å². The second-order valence-corrected chi connectivity index (χ2v) is 6.34. The maximum atomic E-state index is 12.0. The molecule has 3 rings (SSSR count). The molecule has 0 spiro atoms. The molecule has 25 heavy (non-hydrogen) atoms. The van der Waals surface area contributed by atoms with Crippen molar-refractivity contribution in [3.63, 3.8) is 0 Å². The monoisotopic (exact) mass is 337 g/mol. The third kappa shape index (κ3) is 4.59. The standard InChI is InChI=1S/C20H23N3O2/c1-15-4-6-16(7-5-15)20(25)21-14-19(24)22-17-8-10-18(11-9-17)23-12-2-3-13-23/h4-11H,2-3,12-14H2,1H3,(H,21,25)(H,22,24). The number of carbonyl (C=O) groups excluding carboxylic acids is 2. The summed E-state index contributed by atoms with van der Waals surface area (Å²) in [6.45, 7) is 4.10. The van der Waals surface area contributed by atoms with Gasteiger partial charge in [-0.1, -0.05) is 17.7 Å². The number of nitrogens with one attached hydrogen (secondary N) is 2. The molecule has 1 aliphatic rings. The summed E-state index contributed by atoms with van der Waals surface area (Å²) in [6, 6.07) is 15.1. The molecule has 0 radical (unpaired) electrons. The largest absolute Gasteiger partial charge is 0.372 e. The summed E-state index contributed by atoms with van der Waals surface area (Å²) in [7, 11) is 0. The molecule has 0 unspecified atom stereocenters. The van der Waals surface area contributed by atoms with Gasteiger partial charge in [-0.15, -0.1) is 0 Å². The van der Waals surface area contributed by atoms with Gasteiger partial charge in [0.2, 0.25) is 5.91 Å². The van der Waals surface area contributed by atoms with Crippen molar-refractivity contribution in [2.24, 2.45) is 0 Å². The van der Waals surface area contributed by atoms with E-state index in [0.29, 0.717) is 5.56 Å². The Bertz CT molecular complexity index is 733. The van der Waals surface area contributed by atoms with E-state index in [9.17, 15) is 9.59 Å². The Morgan fingerprint density at radius 2 is 1.60 bits per heavy atom. The van der Waals surface area contributed by atoms with Crippen LogP contribution < -0.4 is 15.5 Å². The first-order valence-corrected chi connectivity index (χ1v) is 8.61. The van der Waals surface area contributed by atoms with E-state index < -0.39 is 0 Å². The second kappa shape index (κ2) is 7.83. The molecule has 0 aromatic heterocycles. The fourth-order valence-electron chi connectivity index (χ4n) is 2.90. The maximum Gasteiger partial charge on any atom is 0.251 e. The molecule has 2 N–H and O–H groups in total. The van der Waals surface area contributed by atoms with Gasteiger partial charge in [-0.3, -0.25) is 9.59 Å². The van der Waals surface area contributed by atoms with Gasteiger partial charge >= 0.3 is 0 Å². The van der Waals surface area contributed by atoms with E-state index in [1.165, 1.54) is 18.5 Å². The smallest absolute Gasteiger partial charge is 0.251 e. The van der Waals surface area contributed by atoms with Gasteiger partial charge in [-0.2, -0.15) is 0 Å². The quantitative estimate of drug-likeness (QED) is 0.882. The summed E-state index contributed by atoms with van der Waals surface area (Å²) in [5, 5.41) is 5.44. The van der Waals surface area contributed by atoms with Crippen molar-refractivity contribution >= 4 is 23.2 Å². The van der Waals surface area contributed by atoms with Gasteiger partial charge in [0.25, 0.3) is 5.91 Å². The van der Waals surface area contributed by atoms with Crippen LogP contribution in [0.1, 0.15) is 28.8 Å². The molecule has 1 saturated heterocycles. The normalized spacial score (nSPS) is 13.6. The molecular formula is C20H23N3O2. The van der Waals surface area contributed by atoms with Crippen molar-refractivity contribution in [1.82, 2.24) is 5.32 Å². The zero-order chi connectivity index (χ0) is 17.6. The number of rotatable bonds is 5. The summed E-state index contributed by atoms with van der Waals surface area (Å²) in [5.74, 6) is -0.492. The number of hydrogen-bond acceptors (Lipinski definition) is 3. The minimum Gasteiger partial charge on any atom is -0.372 e. The van der Waals surface area contributed by atoms with E-state index in [0.717, 1.165) is 24.3 Å². The van der Waals surface area contributed by atoms with Crippen LogP contribution in [0.15, 0.2) is 48.5 Å². The highest BCUT2D eigenvalue weighted by molar-refractivity contribution is 5.99. The van der Waals surface area contributed by atoms with E-state index in [-0.39, 0.29) is 18.4 Å². The Hall–Kier alpha value is -2.82. The first-order valence-electron chi connectivity index (χ1n) is 8.61. The van der Waals surface area contributed by atoms with Crippen LogP contribution in [0.2, 0.25) is 0 Å². The van der Waals surface area contributed by atoms with E-state index >= 15 is 0 Å². The number of anilines is 2. The van der Waals surface area contributed by atoms with E-state index in [1.807, 2.05) is 43.3 Å². The minimum absolute atomic E-state index is 0.0550. The zero-order valence-corrected chi connectivity index (χ0v) is 14.4. The fraction of sp³-hybridized carbons (Fsp3) is 0.300. The number of hydrogen-bond donors (Lipinski definition) is 2. The van der Waals surface area contributed by atoms with Crippen molar-refractivity contribution in [2.45, 2.75) is 19.8 Å². The summed E-state index contributed by atoms with van der Waals surface area (Å²) >= 11 is 0.